The first-order valence-electron chi connectivity index (χ1n) is 10.2. The summed E-state index contributed by atoms with van der Waals surface area (Å²) >= 11 is 1.57. The molecule has 0 N–H and O–H groups in total. The summed E-state index contributed by atoms with van der Waals surface area (Å²) in [5, 5.41) is 4.00. The first kappa shape index (κ1) is 20.5. The Bertz CT molecular complexity index is 1000. The van der Waals surface area contributed by atoms with Crippen LogP contribution in [0.5, 0.6) is 5.75 Å². The van der Waals surface area contributed by atoms with Crippen molar-refractivity contribution in [3.63, 3.8) is 0 Å². The van der Waals surface area contributed by atoms with Gasteiger partial charge in [0.1, 0.15) is 11.7 Å². The molecule has 1 unspecified atom stereocenters. The largest absolute Gasteiger partial charge is 0.497 e. The van der Waals surface area contributed by atoms with Gasteiger partial charge >= 0.3 is 5.97 Å². The molecular weight excluding hydrogens is 398 g/mol. The van der Waals surface area contributed by atoms with Crippen LogP contribution in [0.25, 0.3) is 0 Å². The SMILES string of the molecule is CCOC(=O)C1C(C)=NC2=C(C(=O)C[C@H](c3ccc(OC)cc3)C2)[C@@H]1c1ccsc1. The average Bonchev–Trinajstić information content (AvgIpc) is 3.27. The highest BCUT2D eigenvalue weighted by atomic mass is 32.1. The Kier molecular flexibility index (Phi) is 5.86. The molecule has 1 aromatic heterocycles. The maximum Gasteiger partial charge on any atom is 0.315 e. The molecule has 3 atom stereocenters. The topological polar surface area (TPSA) is 65.0 Å². The van der Waals surface area contributed by atoms with Crippen molar-refractivity contribution in [1.82, 2.24) is 0 Å². The third kappa shape index (κ3) is 3.72. The Morgan fingerprint density at radius 2 is 1.93 bits per heavy atom. The Balaban J connectivity index is 1.73. The highest BCUT2D eigenvalue weighted by Crippen LogP contribution is 2.47. The minimum absolute atomic E-state index is 0.0683. The molecule has 0 radical (unpaired) electrons. The van der Waals surface area contributed by atoms with Crippen molar-refractivity contribution < 1.29 is 19.1 Å². The molecule has 6 heteroatoms. The van der Waals surface area contributed by atoms with Gasteiger partial charge in [-0.05, 0) is 66.3 Å². The molecule has 1 aromatic carbocycles. The predicted octanol–water partition coefficient (Wildman–Crippen LogP) is 4.89. The van der Waals surface area contributed by atoms with Gasteiger partial charge in [0.05, 0.1) is 13.7 Å². The number of Topliss-reactive ketones (excluding diaryl/α,β-unsaturated/α-hetero) is 1. The van der Waals surface area contributed by atoms with Crippen molar-refractivity contribution in [2.75, 3.05) is 13.7 Å². The Morgan fingerprint density at radius 3 is 2.57 bits per heavy atom. The number of allylic oxidation sites excluding steroid dienone is 2. The van der Waals surface area contributed by atoms with Crippen LogP contribution in [0.15, 0.2) is 57.4 Å². The van der Waals surface area contributed by atoms with E-state index in [1.165, 1.54) is 0 Å². The van der Waals surface area contributed by atoms with E-state index in [4.69, 9.17) is 14.5 Å². The highest BCUT2D eigenvalue weighted by Gasteiger charge is 2.44. The monoisotopic (exact) mass is 423 g/mol. The van der Waals surface area contributed by atoms with Gasteiger partial charge in [0.2, 0.25) is 0 Å². The van der Waals surface area contributed by atoms with E-state index in [2.05, 4.69) is 0 Å². The highest BCUT2D eigenvalue weighted by molar-refractivity contribution is 7.08. The summed E-state index contributed by atoms with van der Waals surface area (Å²) < 4.78 is 10.6. The molecule has 0 amide bonds. The third-order valence-corrected chi connectivity index (χ3v) is 6.62. The van der Waals surface area contributed by atoms with Crippen molar-refractivity contribution >= 4 is 28.8 Å². The number of nitrogens with zero attached hydrogens (tertiary/aromatic N) is 1. The smallest absolute Gasteiger partial charge is 0.315 e. The van der Waals surface area contributed by atoms with Gasteiger partial charge in [-0.3, -0.25) is 14.6 Å². The van der Waals surface area contributed by atoms with Crippen molar-refractivity contribution in [1.29, 1.82) is 0 Å². The molecule has 4 rings (SSSR count). The van der Waals surface area contributed by atoms with E-state index >= 15 is 0 Å². The minimum Gasteiger partial charge on any atom is -0.497 e. The van der Waals surface area contributed by atoms with Crippen LogP contribution in [0.3, 0.4) is 0 Å². The summed E-state index contributed by atoms with van der Waals surface area (Å²) in [6, 6.07) is 9.86. The van der Waals surface area contributed by atoms with Crippen molar-refractivity contribution in [2.45, 2.75) is 38.5 Å². The molecule has 0 bridgehead atoms. The van der Waals surface area contributed by atoms with Gasteiger partial charge in [-0.1, -0.05) is 12.1 Å². The van der Waals surface area contributed by atoms with Crippen LogP contribution >= 0.6 is 11.3 Å². The first-order valence-corrected chi connectivity index (χ1v) is 11.1. The van der Waals surface area contributed by atoms with Gasteiger partial charge in [-0.25, -0.2) is 0 Å². The number of thiophene rings is 1. The Labute approximate surface area is 180 Å². The molecule has 0 fully saturated rings. The predicted molar refractivity (Wildman–Crippen MR) is 117 cm³/mol. The van der Waals surface area contributed by atoms with Gasteiger partial charge in [0.25, 0.3) is 0 Å². The van der Waals surface area contributed by atoms with E-state index in [0.717, 1.165) is 22.6 Å². The van der Waals surface area contributed by atoms with Crippen molar-refractivity contribution in [3.05, 3.63) is 63.5 Å². The lowest BCUT2D eigenvalue weighted by Gasteiger charge is -2.36. The summed E-state index contributed by atoms with van der Waals surface area (Å²) in [6.45, 7) is 3.97. The fourth-order valence-electron chi connectivity index (χ4n) is 4.52. The van der Waals surface area contributed by atoms with Crippen molar-refractivity contribution in [2.24, 2.45) is 10.9 Å². The average molecular weight is 424 g/mol. The lowest BCUT2D eigenvalue weighted by Crippen LogP contribution is -2.38. The maximum atomic E-state index is 13.4. The first-order chi connectivity index (χ1) is 14.5. The zero-order chi connectivity index (χ0) is 21.3. The molecule has 5 nitrogen and oxygen atoms in total. The van der Waals surface area contributed by atoms with E-state index in [9.17, 15) is 9.59 Å². The summed E-state index contributed by atoms with van der Waals surface area (Å²) in [7, 11) is 1.64. The van der Waals surface area contributed by atoms with Crippen LogP contribution in [-0.4, -0.2) is 31.2 Å². The summed E-state index contributed by atoms with van der Waals surface area (Å²) in [4.78, 5) is 30.9. The van der Waals surface area contributed by atoms with Crippen molar-refractivity contribution in [3.8, 4) is 5.75 Å². The van der Waals surface area contributed by atoms with E-state index < -0.39 is 5.92 Å². The van der Waals surface area contributed by atoms with Gasteiger partial charge in [0.15, 0.2) is 5.78 Å². The molecular formula is C24H25NO4S. The number of hydrogen-bond donors (Lipinski definition) is 0. The number of benzene rings is 1. The molecule has 2 heterocycles. The molecule has 0 spiro atoms. The van der Waals surface area contributed by atoms with Crippen LogP contribution < -0.4 is 4.74 Å². The maximum absolute atomic E-state index is 13.4. The molecule has 1 aliphatic heterocycles. The van der Waals surface area contributed by atoms with E-state index in [-0.39, 0.29) is 23.6 Å². The van der Waals surface area contributed by atoms with Crippen LogP contribution in [0.4, 0.5) is 0 Å². The summed E-state index contributed by atoms with van der Waals surface area (Å²) in [5.41, 5.74) is 4.29. The number of rotatable bonds is 5. The lowest BCUT2D eigenvalue weighted by atomic mass is 9.70. The summed E-state index contributed by atoms with van der Waals surface area (Å²) in [6.07, 6.45) is 1.09. The summed E-state index contributed by atoms with van der Waals surface area (Å²) in [5.74, 6) is -0.264. The van der Waals surface area contributed by atoms with E-state index in [0.29, 0.717) is 30.7 Å². The number of carbonyl (C=O) groups is 2. The zero-order valence-electron chi connectivity index (χ0n) is 17.4. The van der Waals surface area contributed by atoms with Crippen LogP contribution in [0.2, 0.25) is 0 Å². The fraction of sp³-hybridized carbons (Fsp3) is 0.375. The molecule has 30 heavy (non-hydrogen) atoms. The number of aliphatic imine (C=N–C) groups is 1. The number of ketones is 1. The van der Waals surface area contributed by atoms with E-state index in [1.54, 1.807) is 25.4 Å². The number of carbonyl (C=O) groups excluding carboxylic acids is 2. The Hall–Kier alpha value is -2.73. The normalized spacial score (nSPS) is 23.6. The molecule has 0 saturated heterocycles. The Morgan fingerprint density at radius 1 is 1.17 bits per heavy atom. The molecule has 156 valence electrons. The number of hydrogen-bond acceptors (Lipinski definition) is 6. The molecule has 2 aromatic rings. The van der Waals surface area contributed by atoms with Gasteiger partial charge in [-0.2, -0.15) is 11.3 Å². The third-order valence-electron chi connectivity index (χ3n) is 5.92. The van der Waals surface area contributed by atoms with Crippen LogP contribution in [-0.2, 0) is 14.3 Å². The fourth-order valence-corrected chi connectivity index (χ4v) is 5.22. The standard InChI is InChI=1S/C24H25NO4S/c1-4-29-24(27)21-14(2)25-19-11-17(15-5-7-18(28-3)8-6-15)12-20(26)23(19)22(21)16-9-10-30-13-16/h5-10,13,17,21-22H,4,11-12H2,1-3H3/t17-,21?,22-/m1/s1. The number of ether oxygens (including phenoxy) is 2. The van der Waals surface area contributed by atoms with Gasteiger partial charge in [0, 0.05) is 29.3 Å². The van der Waals surface area contributed by atoms with Gasteiger partial charge < -0.3 is 9.47 Å². The van der Waals surface area contributed by atoms with Gasteiger partial charge in [-0.15, -0.1) is 0 Å². The second-order valence-electron chi connectivity index (χ2n) is 7.68. The molecule has 2 aliphatic rings. The van der Waals surface area contributed by atoms with Crippen LogP contribution in [0, 0.1) is 5.92 Å². The second kappa shape index (κ2) is 8.56. The number of esters is 1. The molecule has 1 aliphatic carbocycles. The quantitative estimate of drug-likeness (QED) is 0.642. The minimum atomic E-state index is -0.556. The second-order valence-corrected chi connectivity index (χ2v) is 8.46. The lowest BCUT2D eigenvalue weighted by molar-refractivity contribution is -0.146. The number of methoxy groups -OCH3 is 1. The zero-order valence-corrected chi connectivity index (χ0v) is 18.2. The van der Waals surface area contributed by atoms with E-state index in [1.807, 2.05) is 48.0 Å². The van der Waals surface area contributed by atoms with Crippen LogP contribution in [0.1, 0.15) is 49.7 Å². The molecule has 0 saturated carbocycles.